The number of hydrogen-bond donors (Lipinski definition) is 1. The maximum Gasteiger partial charge on any atom is 0.240 e. The van der Waals surface area contributed by atoms with Gasteiger partial charge in [0.25, 0.3) is 0 Å². The van der Waals surface area contributed by atoms with Crippen molar-refractivity contribution in [1.82, 2.24) is 10.1 Å². The Hall–Kier alpha value is -1.68. The Labute approximate surface area is 88.1 Å². The Kier molecular flexibility index (Phi) is 2.78. The molecule has 15 heavy (non-hydrogen) atoms. The number of nitrogens with zero attached hydrogens (tertiary/aromatic N) is 2. The molecule has 78 valence electrons. The number of hydrogen-bond acceptors (Lipinski definition) is 4. The minimum Gasteiger partial charge on any atom is -0.338 e. The molecule has 0 spiro atoms. The van der Waals surface area contributed by atoms with E-state index in [1.165, 1.54) is 11.1 Å². The van der Waals surface area contributed by atoms with Crippen molar-refractivity contribution in [3.05, 3.63) is 47.1 Å². The lowest BCUT2D eigenvalue weighted by atomic mass is 10.1. The summed E-state index contributed by atoms with van der Waals surface area (Å²) in [5.41, 5.74) is 7.80. The third kappa shape index (κ3) is 2.41. The van der Waals surface area contributed by atoms with Gasteiger partial charge < -0.3 is 10.3 Å². The molecule has 1 aromatic carbocycles. The molecule has 4 heteroatoms. The molecule has 2 rings (SSSR count). The maximum atomic E-state index is 5.38. The third-order valence-electron chi connectivity index (χ3n) is 2.13. The first-order valence-electron chi connectivity index (χ1n) is 4.85. The zero-order chi connectivity index (χ0) is 10.7. The SMILES string of the molecule is Cc1cccc(Cc2noc(CN)n2)c1. The second-order valence-corrected chi connectivity index (χ2v) is 3.47. The van der Waals surface area contributed by atoms with Crippen LogP contribution in [0.25, 0.3) is 0 Å². The molecular weight excluding hydrogens is 190 g/mol. The van der Waals surface area contributed by atoms with E-state index >= 15 is 0 Å². The summed E-state index contributed by atoms with van der Waals surface area (Å²) in [4.78, 5) is 4.15. The molecule has 0 aliphatic rings. The van der Waals surface area contributed by atoms with Gasteiger partial charge in [-0.05, 0) is 12.5 Å². The molecular formula is C11H13N3O. The van der Waals surface area contributed by atoms with Gasteiger partial charge in [-0.1, -0.05) is 35.0 Å². The molecule has 0 aliphatic heterocycles. The second-order valence-electron chi connectivity index (χ2n) is 3.47. The first-order valence-corrected chi connectivity index (χ1v) is 4.85. The predicted molar refractivity (Wildman–Crippen MR) is 56.2 cm³/mol. The van der Waals surface area contributed by atoms with Crippen molar-refractivity contribution in [2.75, 3.05) is 0 Å². The molecule has 0 saturated carbocycles. The van der Waals surface area contributed by atoms with Crippen LogP contribution in [-0.4, -0.2) is 10.1 Å². The van der Waals surface area contributed by atoms with E-state index in [-0.39, 0.29) is 0 Å². The van der Waals surface area contributed by atoms with E-state index in [1.807, 2.05) is 12.1 Å². The fourth-order valence-electron chi connectivity index (χ4n) is 1.45. The summed E-state index contributed by atoms with van der Waals surface area (Å²) in [5, 5.41) is 3.85. The van der Waals surface area contributed by atoms with E-state index in [0.29, 0.717) is 24.7 Å². The molecule has 0 saturated heterocycles. The standard InChI is InChI=1S/C11H13N3O/c1-8-3-2-4-9(5-8)6-10-13-11(7-12)15-14-10/h2-5H,6-7,12H2,1H3. The quantitative estimate of drug-likeness (QED) is 0.819. The topological polar surface area (TPSA) is 64.9 Å². The lowest BCUT2D eigenvalue weighted by Gasteiger charge is -1.97. The summed E-state index contributed by atoms with van der Waals surface area (Å²) in [6.07, 6.45) is 0.686. The van der Waals surface area contributed by atoms with Crippen LogP contribution in [0.1, 0.15) is 22.8 Å². The molecule has 0 unspecified atom stereocenters. The molecule has 1 heterocycles. The van der Waals surface area contributed by atoms with Crippen LogP contribution in [0.2, 0.25) is 0 Å². The molecule has 0 aliphatic carbocycles. The van der Waals surface area contributed by atoms with Crippen molar-refractivity contribution in [2.45, 2.75) is 19.9 Å². The van der Waals surface area contributed by atoms with Gasteiger partial charge in [0.2, 0.25) is 5.89 Å². The normalized spacial score (nSPS) is 10.5. The van der Waals surface area contributed by atoms with Crippen molar-refractivity contribution in [3.63, 3.8) is 0 Å². The van der Waals surface area contributed by atoms with E-state index < -0.39 is 0 Å². The summed E-state index contributed by atoms with van der Waals surface area (Å²) in [6.45, 7) is 2.35. The summed E-state index contributed by atoms with van der Waals surface area (Å²) in [6, 6.07) is 8.24. The zero-order valence-electron chi connectivity index (χ0n) is 8.60. The van der Waals surface area contributed by atoms with Crippen molar-refractivity contribution in [1.29, 1.82) is 0 Å². The van der Waals surface area contributed by atoms with Gasteiger partial charge in [0.1, 0.15) is 0 Å². The van der Waals surface area contributed by atoms with Gasteiger partial charge in [-0.2, -0.15) is 4.98 Å². The van der Waals surface area contributed by atoms with Crippen molar-refractivity contribution < 1.29 is 4.52 Å². The molecule has 0 amide bonds. The largest absolute Gasteiger partial charge is 0.338 e. The summed E-state index contributed by atoms with van der Waals surface area (Å²) >= 11 is 0. The molecule has 1 aromatic heterocycles. The van der Waals surface area contributed by atoms with E-state index in [0.717, 1.165) is 0 Å². The summed E-state index contributed by atoms with van der Waals surface area (Å²) in [7, 11) is 0. The maximum absolute atomic E-state index is 5.38. The predicted octanol–water partition coefficient (Wildman–Crippen LogP) is 1.43. The van der Waals surface area contributed by atoms with Gasteiger partial charge in [0, 0.05) is 6.42 Å². The summed E-state index contributed by atoms with van der Waals surface area (Å²) < 4.78 is 4.93. The Morgan fingerprint density at radius 3 is 2.93 bits per heavy atom. The number of aromatic nitrogens is 2. The van der Waals surface area contributed by atoms with Crippen LogP contribution >= 0.6 is 0 Å². The zero-order valence-corrected chi connectivity index (χ0v) is 8.60. The van der Waals surface area contributed by atoms with Gasteiger partial charge in [-0.25, -0.2) is 0 Å². The highest BCUT2D eigenvalue weighted by molar-refractivity contribution is 5.24. The number of nitrogens with two attached hydrogens (primary N) is 1. The molecule has 0 radical (unpaired) electrons. The first-order chi connectivity index (χ1) is 7.28. The smallest absolute Gasteiger partial charge is 0.240 e. The Bertz CT molecular complexity index is 451. The number of aryl methyl sites for hydroxylation is 1. The monoisotopic (exact) mass is 203 g/mol. The van der Waals surface area contributed by atoms with Gasteiger partial charge >= 0.3 is 0 Å². The fraction of sp³-hybridized carbons (Fsp3) is 0.273. The Balaban J connectivity index is 2.14. The molecule has 4 nitrogen and oxygen atoms in total. The van der Waals surface area contributed by atoms with Crippen LogP contribution in [0, 0.1) is 6.92 Å². The van der Waals surface area contributed by atoms with Crippen LogP contribution < -0.4 is 5.73 Å². The van der Waals surface area contributed by atoms with Gasteiger partial charge in [0.05, 0.1) is 6.54 Å². The Morgan fingerprint density at radius 2 is 2.27 bits per heavy atom. The lowest BCUT2D eigenvalue weighted by Crippen LogP contribution is -1.97. The number of benzene rings is 1. The minimum absolute atomic E-state index is 0.292. The lowest BCUT2D eigenvalue weighted by molar-refractivity contribution is 0.375. The third-order valence-corrected chi connectivity index (χ3v) is 2.13. The molecule has 0 fully saturated rings. The first kappa shape index (κ1) is 9.86. The van der Waals surface area contributed by atoms with Crippen LogP contribution in [-0.2, 0) is 13.0 Å². The van der Waals surface area contributed by atoms with Gasteiger partial charge in [-0.3, -0.25) is 0 Å². The molecule has 2 N–H and O–H groups in total. The van der Waals surface area contributed by atoms with Crippen molar-refractivity contribution in [3.8, 4) is 0 Å². The highest BCUT2D eigenvalue weighted by Crippen LogP contribution is 2.08. The molecule has 0 atom stereocenters. The second kappa shape index (κ2) is 4.23. The van der Waals surface area contributed by atoms with E-state index in [2.05, 4.69) is 29.2 Å². The van der Waals surface area contributed by atoms with Gasteiger partial charge in [0.15, 0.2) is 5.82 Å². The van der Waals surface area contributed by atoms with Crippen LogP contribution in [0.3, 0.4) is 0 Å². The van der Waals surface area contributed by atoms with Crippen LogP contribution in [0.5, 0.6) is 0 Å². The Morgan fingerprint density at radius 1 is 1.40 bits per heavy atom. The van der Waals surface area contributed by atoms with E-state index in [4.69, 9.17) is 10.3 Å². The summed E-state index contributed by atoms with van der Waals surface area (Å²) in [5.74, 6) is 1.17. The van der Waals surface area contributed by atoms with E-state index in [1.54, 1.807) is 0 Å². The van der Waals surface area contributed by atoms with E-state index in [9.17, 15) is 0 Å². The average Bonchev–Trinajstić information content (AvgIpc) is 2.65. The number of rotatable bonds is 3. The highest BCUT2D eigenvalue weighted by atomic mass is 16.5. The highest BCUT2D eigenvalue weighted by Gasteiger charge is 2.05. The fourth-order valence-corrected chi connectivity index (χ4v) is 1.45. The van der Waals surface area contributed by atoms with Gasteiger partial charge in [-0.15, -0.1) is 0 Å². The molecule has 0 bridgehead atoms. The van der Waals surface area contributed by atoms with Crippen molar-refractivity contribution in [2.24, 2.45) is 5.73 Å². The van der Waals surface area contributed by atoms with Crippen LogP contribution in [0.4, 0.5) is 0 Å². The van der Waals surface area contributed by atoms with Crippen molar-refractivity contribution >= 4 is 0 Å². The minimum atomic E-state index is 0.292. The van der Waals surface area contributed by atoms with Crippen LogP contribution in [0.15, 0.2) is 28.8 Å². The molecule has 2 aromatic rings. The average molecular weight is 203 g/mol.